The fourth-order valence-electron chi connectivity index (χ4n) is 0.788. The van der Waals surface area contributed by atoms with Crippen LogP contribution >= 0.6 is 0 Å². The Hall–Kier alpha value is -0.610. The van der Waals surface area contributed by atoms with E-state index < -0.39 is 0 Å². The first-order chi connectivity index (χ1) is 5.66. The number of hydrogen-bond acceptors (Lipinski definition) is 3. The van der Waals surface area contributed by atoms with Gasteiger partial charge in [0.05, 0.1) is 0 Å². The van der Waals surface area contributed by atoms with Crippen LogP contribution in [0.15, 0.2) is 0 Å². The minimum Gasteiger partial charge on any atom is -0.343 e. The van der Waals surface area contributed by atoms with E-state index in [2.05, 4.69) is 5.32 Å². The molecule has 1 saturated heterocycles. The van der Waals surface area contributed by atoms with Gasteiger partial charge in [-0.25, -0.2) is 0 Å². The van der Waals surface area contributed by atoms with Crippen molar-refractivity contribution >= 4 is 6.41 Å². The van der Waals surface area contributed by atoms with Crippen LogP contribution in [0, 0.1) is 0 Å². The smallest absolute Gasteiger partial charge is 0.209 e. The highest BCUT2D eigenvalue weighted by Crippen LogP contribution is 1.84. The van der Waals surface area contributed by atoms with Gasteiger partial charge in [0, 0.05) is 26.2 Å². The summed E-state index contributed by atoms with van der Waals surface area (Å²) in [7, 11) is 6.00. The second-order valence-electron chi connectivity index (χ2n) is 3.23. The molecular formula is C8H19N3O. The van der Waals surface area contributed by atoms with E-state index in [-0.39, 0.29) is 0 Å². The average molecular weight is 173 g/mol. The summed E-state index contributed by atoms with van der Waals surface area (Å²) < 4.78 is 0. The van der Waals surface area contributed by atoms with Gasteiger partial charge in [-0.3, -0.25) is 4.79 Å². The minimum absolute atomic E-state index is 0.865. The molecule has 1 aliphatic heterocycles. The second-order valence-corrected chi connectivity index (χ2v) is 3.23. The zero-order valence-electron chi connectivity index (χ0n) is 8.21. The topological polar surface area (TPSA) is 35.6 Å². The highest BCUT2D eigenvalue weighted by atomic mass is 16.1. The van der Waals surface area contributed by atoms with E-state index >= 15 is 0 Å². The predicted octanol–water partition coefficient (Wildman–Crippen LogP) is -0.774. The number of rotatable bonds is 1. The van der Waals surface area contributed by atoms with Crippen LogP contribution < -0.4 is 5.32 Å². The van der Waals surface area contributed by atoms with Crippen LogP contribution in [0.3, 0.4) is 0 Å². The molecule has 0 bridgehead atoms. The Kier molecular flexibility index (Phi) is 6.70. The van der Waals surface area contributed by atoms with Gasteiger partial charge in [0.15, 0.2) is 0 Å². The summed E-state index contributed by atoms with van der Waals surface area (Å²) in [6.45, 7) is 3.62. The first kappa shape index (κ1) is 11.4. The number of piperazine rings is 1. The van der Waals surface area contributed by atoms with Crippen LogP contribution in [-0.4, -0.2) is 63.5 Å². The average Bonchev–Trinajstić information content (AvgIpc) is 2.05. The van der Waals surface area contributed by atoms with Crippen molar-refractivity contribution in [1.29, 1.82) is 0 Å². The molecule has 0 spiro atoms. The van der Waals surface area contributed by atoms with Gasteiger partial charge >= 0.3 is 0 Å². The lowest BCUT2D eigenvalue weighted by atomic mass is 10.4. The van der Waals surface area contributed by atoms with Crippen LogP contribution in [0.25, 0.3) is 0 Å². The summed E-state index contributed by atoms with van der Waals surface area (Å²) in [4.78, 5) is 13.8. The van der Waals surface area contributed by atoms with Gasteiger partial charge in [-0.15, -0.1) is 0 Å². The molecule has 1 heterocycles. The van der Waals surface area contributed by atoms with Crippen molar-refractivity contribution < 1.29 is 4.79 Å². The number of carbonyl (C=O) groups is 1. The monoisotopic (exact) mass is 173 g/mol. The Labute approximate surface area is 74.5 Å². The maximum Gasteiger partial charge on any atom is 0.209 e. The van der Waals surface area contributed by atoms with Gasteiger partial charge in [0.25, 0.3) is 0 Å². The van der Waals surface area contributed by atoms with Crippen LogP contribution in [0.1, 0.15) is 0 Å². The second kappa shape index (κ2) is 7.06. The molecule has 1 amide bonds. The van der Waals surface area contributed by atoms with Crippen molar-refractivity contribution in [1.82, 2.24) is 15.1 Å². The zero-order chi connectivity index (χ0) is 9.40. The summed E-state index contributed by atoms with van der Waals surface area (Å²) in [5, 5.41) is 3.15. The Balaban J connectivity index is 0.000000261. The van der Waals surface area contributed by atoms with E-state index in [0.717, 1.165) is 32.6 Å². The SMILES string of the molecule is CN(C)C.O=CN1CCNCC1. The number of nitrogens with zero attached hydrogens (tertiary/aromatic N) is 2. The summed E-state index contributed by atoms with van der Waals surface area (Å²) >= 11 is 0. The first-order valence-corrected chi connectivity index (χ1v) is 4.18. The van der Waals surface area contributed by atoms with E-state index in [0.29, 0.717) is 0 Å². The zero-order valence-corrected chi connectivity index (χ0v) is 8.21. The lowest BCUT2D eigenvalue weighted by Crippen LogP contribution is -2.42. The van der Waals surface area contributed by atoms with Gasteiger partial charge in [0.1, 0.15) is 0 Å². The molecule has 0 aromatic rings. The van der Waals surface area contributed by atoms with E-state index in [4.69, 9.17) is 0 Å². The molecule has 72 valence electrons. The minimum atomic E-state index is 0.865. The van der Waals surface area contributed by atoms with Gasteiger partial charge < -0.3 is 15.1 Å². The van der Waals surface area contributed by atoms with Crippen molar-refractivity contribution in [2.24, 2.45) is 0 Å². The fraction of sp³-hybridized carbons (Fsp3) is 0.875. The molecule has 1 aliphatic rings. The van der Waals surface area contributed by atoms with Crippen LogP contribution in [-0.2, 0) is 4.79 Å². The predicted molar refractivity (Wildman–Crippen MR) is 50.1 cm³/mol. The third kappa shape index (κ3) is 7.50. The Morgan fingerprint density at radius 2 is 1.67 bits per heavy atom. The molecule has 0 aromatic heterocycles. The van der Waals surface area contributed by atoms with E-state index in [1.54, 1.807) is 4.90 Å². The van der Waals surface area contributed by atoms with E-state index in [1.165, 1.54) is 0 Å². The van der Waals surface area contributed by atoms with Gasteiger partial charge in [0.2, 0.25) is 6.41 Å². The number of amides is 1. The molecule has 1 rings (SSSR count). The fourth-order valence-corrected chi connectivity index (χ4v) is 0.788. The Bertz CT molecular complexity index is 108. The molecule has 0 aliphatic carbocycles. The standard InChI is InChI=1S/C5H10N2O.C3H9N/c8-5-7-3-1-6-2-4-7;1-4(2)3/h5-6H,1-4H2;1-3H3. The lowest BCUT2D eigenvalue weighted by Gasteiger charge is -2.22. The Morgan fingerprint density at radius 3 is 1.92 bits per heavy atom. The normalized spacial score (nSPS) is 16.8. The third-order valence-corrected chi connectivity index (χ3v) is 1.30. The maximum absolute atomic E-state index is 10.1. The summed E-state index contributed by atoms with van der Waals surface area (Å²) in [6.07, 6.45) is 0.904. The first-order valence-electron chi connectivity index (χ1n) is 4.18. The molecule has 1 fully saturated rings. The third-order valence-electron chi connectivity index (χ3n) is 1.30. The van der Waals surface area contributed by atoms with Crippen LogP contribution in [0.5, 0.6) is 0 Å². The summed E-state index contributed by atoms with van der Waals surface area (Å²) in [5.41, 5.74) is 0. The molecule has 12 heavy (non-hydrogen) atoms. The molecule has 1 N–H and O–H groups in total. The van der Waals surface area contributed by atoms with Crippen molar-refractivity contribution in [3.63, 3.8) is 0 Å². The Morgan fingerprint density at radius 1 is 1.25 bits per heavy atom. The largest absolute Gasteiger partial charge is 0.343 e. The quantitative estimate of drug-likeness (QED) is 0.529. The molecule has 0 unspecified atom stereocenters. The molecule has 0 atom stereocenters. The molecular weight excluding hydrogens is 154 g/mol. The maximum atomic E-state index is 10.1. The van der Waals surface area contributed by atoms with Gasteiger partial charge in [-0.1, -0.05) is 0 Å². The van der Waals surface area contributed by atoms with Crippen LogP contribution in [0.4, 0.5) is 0 Å². The van der Waals surface area contributed by atoms with E-state index in [1.807, 2.05) is 26.0 Å². The van der Waals surface area contributed by atoms with Gasteiger partial charge in [-0.05, 0) is 21.1 Å². The van der Waals surface area contributed by atoms with Crippen molar-refractivity contribution in [3.8, 4) is 0 Å². The number of nitrogens with one attached hydrogen (secondary N) is 1. The highest BCUT2D eigenvalue weighted by Gasteiger charge is 2.04. The number of hydrogen-bond donors (Lipinski definition) is 1. The molecule has 0 radical (unpaired) electrons. The van der Waals surface area contributed by atoms with E-state index in [9.17, 15) is 4.79 Å². The van der Waals surface area contributed by atoms with Crippen molar-refractivity contribution in [3.05, 3.63) is 0 Å². The lowest BCUT2D eigenvalue weighted by molar-refractivity contribution is -0.118. The summed E-state index contributed by atoms with van der Waals surface area (Å²) in [5.74, 6) is 0. The number of carbonyl (C=O) groups excluding carboxylic acids is 1. The van der Waals surface area contributed by atoms with Crippen molar-refractivity contribution in [2.45, 2.75) is 0 Å². The van der Waals surface area contributed by atoms with Gasteiger partial charge in [-0.2, -0.15) is 0 Å². The molecule has 4 heteroatoms. The van der Waals surface area contributed by atoms with Crippen LogP contribution in [0.2, 0.25) is 0 Å². The summed E-state index contributed by atoms with van der Waals surface area (Å²) in [6, 6.07) is 0. The van der Waals surface area contributed by atoms with Crippen molar-refractivity contribution in [2.75, 3.05) is 47.3 Å². The molecule has 4 nitrogen and oxygen atoms in total. The highest BCUT2D eigenvalue weighted by molar-refractivity contribution is 5.47. The molecule has 0 aromatic carbocycles. The molecule has 0 saturated carbocycles.